The first-order chi connectivity index (χ1) is 4.06. The lowest BCUT2D eigenvalue weighted by Gasteiger charge is -2.13. The Morgan fingerprint density at radius 1 is 1.33 bits per heavy atom. The molecule has 0 atom stereocenters. The van der Waals surface area contributed by atoms with Crippen LogP contribution in [-0.2, 0) is 4.74 Å². The van der Waals surface area contributed by atoms with E-state index in [4.69, 9.17) is 0 Å². The van der Waals surface area contributed by atoms with Gasteiger partial charge >= 0.3 is 0 Å². The van der Waals surface area contributed by atoms with E-state index in [1.807, 2.05) is 0 Å². The normalized spacial score (nSPS) is 12.0. The van der Waals surface area contributed by atoms with E-state index >= 15 is 0 Å². The standard InChI is InChI=1S/C6H15FOSi/c1-9(2,3)5-4-8-6-7/h4-6H2,1-3H3. The molecule has 0 unspecified atom stereocenters. The second kappa shape index (κ2) is 4.01. The Bertz CT molecular complexity index is 69.9. The zero-order chi connectivity index (χ0) is 7.33. The Labute approximate surface area is 57.2 Å². The fraction of sp³-hybridized carbons (Fsp3) is 1.00. The fourth-order valence-corrected chi connectivity index (χ4v) is 1.19. The molecular formula is C6H15FOSi. The number of hydrogen-bond acceptors (Lipinski definition) is 1. The van der Waals surface area contributed by atoms with Gasteiger partial charge in [0.15, 0.2) is 6.86 Å². The molecule has 0 fully saturated rings. The summed E-state index contributed by atoms with van der Waals surface area (Å²) in [6, 6.07) is 1.05. The van der Waals surface area contributed by atoms with Crippen molar-refractivity contribution in [2.24, 2.45) is 0 Å². The molecule has 0 saturated heterocycles. The molecule has 0 aliphatic rings. The summed E-state index contributed by atoms with van der Waals surface area (Å²) in [7, 11) is -0.986. The summed E-state index contributed by atoms with van der Waals surface area (Å²) < 4.78 is 15.9. The highest BCUT2D eigenvalue weighted by Gasteiger charge is 2.11. The second-order valence-corrected chi connectivity index (χ2v) is 8.95. The van der Waals surface area contributed by atoms with Crippen molar-refractivity contribution >= 4 is 8.07 Å². The minimum absolute atomic E-state index is 0.590. The van der Waals surface area contributed by atoms with E-state index in [1.165, 1.54) is 0 Å². The maximum atomic E-state index is 11.4. The molecule has 0 spiro atoms. The molecule has 0 aliphatic carbocycles. The van der Waals surface area contributed by atoms with Gasteiger partial charge in [-0.2, -0.15) is 0 Å². The summed E-state index contributed by atoms with van der Waals surface area (Å²) in [4.78, 5) is 0. The zero-order valence-corrected chi connectivity index (χ0v) is 7.41. The SMILES string of the molecule is C[Si](C)(C)CCOCF. The predicted octanol–water partition coefficient (Wildman–Crippen LogP) is 2.27. The third-order valence-electron chi connectivity index (χ3n) is 1.07. The van der Waals surface area contributed by atoms with E-state index in [0.29, 0.717) is 6.61 Å². The van der Waals surface area contributed by atoms with Crippen LogP contribution in [0.5, 0.6) is 0 Å². The zero-order valence-electron chi connectivity index (χ0n) is 6.41. The number of hydrogen-bond donors (Lipinski definition) is 0. The van der Waals surface area contributed by atoms with Crippen LogP contribution in [0.15, 0.2) is 0 Å². The third kappa shape index (κ3) is 8.11. The molecule has 3 heteroatoms. The fourth-order valence-electron chi connectivity index (χ4n) is 0.433. The number of rotatable bonds is 4. The highest BCUT2D eigenvalue weighted by Crippen LogP contribution is 2.06. The van der Waals surface area contributed by atoms with E-state index in [2.05, 4.69) is 24.4 Å². The summed E-state index contributed by atoms with van der Waals surface area (Å²) >= 11 is 0. The van der Waals surface area contributed by atoms with Gasteiger partial charge in [-0.3, -0.25) is 0 Å². The topological polar surface area (TPSA) is 9.23 Å². The van der Waals surface area contributed by atoms with Crippen molar-refractivity contribution in [3.05, 3.63) is 0 Å². The van der Waals surface area contributed by atoms with E-state index in [-0.39, 0.29) is 0 Å². The minimum Gasteiger partial charge on any atom is -0.351 e. The van der Waals surface area contributed by atoms with Gasteiger partial charge < -0.3 is 4.74 Å². The largest absolute Gasteiger partial charge is 0.351 e. The number of alkyl halides is 1. The maximum Gasteiger partial charge on any atom is 0.188 e. The van der Waals surface area contributed by atoms with E-state index in [1.54, 1.807) is 0 Å². The second-order valence-electron chi connectivity index (χ2n) is 3.33. The van der Waals surface area contributed by atoms with Crippen molar-refractivity contribution in [3.8, 4) is 0 Å². The molecule has 0 amide bonds. The Hall–Kier alpha value is 0.107. The van der Waals surface area contributed by atoms with Gasteiger partial charge in [-0.15, -0.1) is 0 Å². The van der Waals surface area contributed by atoms with Crippen LogP contribution in [0.3, 0.4) is 0 Å². The number of halogens is 1. The Kier molecular flexibility index (Phi) is 4.06. The van der Waals surface area contributed by atoms with E-state index in [0.717, 1.165) is 6.04 Å². The van der Waals surface area contributed by atoms with Gasteiger partial charge in [-0.25, -0.2) is 4.39 Å². The van der Waals surface area contributed by atoms with Crippen LogP contribution in [0, 0.1) is 0 Å². The molecular weight excluding hydrogens is 135 g/mol. The molecule has 0 aromatic heterocycles. The Balaban J connectivity index is 3.07. The predicted molar refractivity (Wildman–Crippen MR) is 40.1 cm³/mol. The van der Waals surface area contributed by atoms with Crippen molar-refractivity contribution < 1.29 is 9.13 Å². The molecule has 0 saturated carbocycles. The van der Waals surface area contributed by atoms with Crippen molar-refractivity contribution in [2.75, 3.05) is 13.5 Å². The molecule has 0 heterocycles. The van der Waals surface area contributed by atoms with Crippen LogP contribution in [0.2, 0.25) is 25.7 Å². The minimum atomic E-state index is -0.986. The van der Waals surface area contributed by atoms with Crippen LogP contribution < -0.4 is 0 Å². The van der Waals surface area contributed by atoms with Crippen LogP contribution in [0.4, 0.5) is 4.39 Å². The number of ether oxygens (including phenoxy) is 1. The van der Waals surface area contributed by atoms with Crippen molar-refractivity contribution in [3.63, 3.8) is 0 Å². The smallest absolute Gasteiger partial charge is 0.188 e. The quantitative estimate of drug-likeness (QED) is 0.441. The van der Waals surface area contributed by atoms with Gasteiger partial charge in [0.2, 0.25) is 0 Å². The Morgan fingerprint density at radius 2 is 1.89 bits per heavy atom. The highest BCUT2D eigenvalue weighted by molar-refractivity contribution is 6.76. The van der Waals surface area contributed by atoms with Gasteiger partial charge in [0.1, 0.15) is 0 Å². The summed E-state index contributed by atoms with van der Waals surface area (Å²) in [6.45, 7) is 6.69. The van der Waals surface area contributed by atoms with Crippen molar-refractivity contribution in [1.29, 1.82) is 0 Å². The van der Waals surface area contributed by atoms with Crippen LogP contribution in [-0.4, -0.2) is 21.5 Å². The molecule has 0 bridgehead atoms. The molecule has 9 heavy (non-hydrogen) atoms. The molecule has 0 radical (unpaired) electrons. The summed E-state index contributed by atoms with van der Waals surface area (Å²) in [5.41, 5.74) is 0. The molecule has 0 N–H and O–H groups in total. The van der Waals surface area contributed by atoms with Crippen molar-refractivity contribution in [1.82, 2.24) is 0 Å². The molecule has 56 valence electrons. The summed E-state index contributed by atoms with van der Waals surface area (Å²) in [5.74, 6) is 0. The highest BCUT2D eigenvalue weighted by atomic mass is 28.3. The average molecular weight is 150 g/mol. The molecule has 0 aromatic carbocycles. The first kappa shape index (κ1) is 9.11. The van der Waals surface area contributed by atoms with Gasteiger partial charge in [0, 0.05) is 14.7 Å². The van der Waals surface area contributed by atoms with Crippen LogP contribution in [0.1, 0.15) is 0 Å². The first-order valence-corrected chi connectivity index (χ1v) is 6.91. The van der Waals surface area contributed by atoms with E-state index in [9.17, 15) is 4.39 Å². The summed E-state index contributed by atoms with van der Waals surface area (Å²) in [6.07, 6.45) is 0. The van der Waals surface area contributed by atoms with Gasteiger partial charge in [-0.05, 0) is 6.04 Å². The molecule has 0 rings (SSSR count). The van der Waals surface area contributed by atoms with Gasteiger partial charge in [0.05, 0.1) is 0 Å². The lowest BCUT2D eigenvalue weighted by Crippen LogP contribution is -2.21. The first-order valence-electron chi connectivity index (χ1n) is 3.20. The lowest BCUT2D eigenvalue weighted by atomic mass is 10.9. The van der Waals surface area contributed by atoms with Crippen molar-refractivity contribution in [2.45, 2.75) is 25.7 Å². The molecule has 1 nitrogen and oxygen atoms in total. The maximum absolute atomic E-state index is 11.4. The molecule has 0 aromatic rings. The van der Waals surface area contributed by atoms with E-state index < -0.39 is 14.9 Å². The monoisotopic (exact) mass is 150 g/mol. The lowest BCUT2D eigenvalue weighted by molar-refractivity contribution is 0.0667. The summed E-state index contributed by atoms with van der Waals surface area (Å²) in [5, 5.41) is 0. The molecule has 0 aliphatic heterocycles. The van der Waals surface area contributed by atoms with Crippen LogP contribution >= 0.6 is 0 Å². The average Bonchev–Trinajstić information content (AvgIpc) is 1.63. The Morgan fingerprint density at radius 3 is 2.22 bits per heavy atom. The van der Waals surface area contributed by atoms with Crippen LogP contribution in [0.25, 0.3) is 0 Å². The van der Waals surface area contributed by atoms with Gasteiger partial charge in [0.25, 0.3) is 0 Å². The third-order valence-corrected chi connectivity index (χ3v) is 2.78. The van der Waals surface area contributed by atoms with Gasteiger partial charge in [-0.1, -0.05) is 19.6 Å².